The van der Waals surface area contributed by atoms with Gasteiger partial charge in [-0.05, 0) is 80.5 Å². The van der Waals surface area contributed by atoms with Crippen LogP contribution in [0.4, 0.5) is 11.6 Å². The van der Waals surface area contributed by atoms with Gasteiger partial charge in [0.2, 0.25) is 5.91 Å². The highest BCUT2D eigenvalue weighted by Gasteiger charge is 2.51. The Labute approximate surface area is 280 Å². The molecule has 1 aliphatic carbocycles. The van der Waals surface area contributed by atoms with Crippen LogP contribution < -0.4 is 24.4 Å². The molecule has 6 rings (SSSR count). The first-order valence-corrected chi connectivity index (χ1v) is 15.9. The molecule has 2 aromatic carbocycles. The number of para-hydroxylation sites is 1. The number of fused-ring (bicyclic) bond motifs is 1. The van der Waals surface area contributed by atoms with Gasteiger partial charge in [-0.1, -0.05) is 18.2 Å². The maximum atomic E-state index is 13.1. The van der Waals surface area contributed by atoms with Crippen LogP contribution in [0.1, 0.15) is 37.0 Å². The smallest absolute Gasteiger partial charge is 0.229 e. The molecule has 10 heteroatoms. The van der Waals surface area contributed by atoms with Gasteiger partial charge in [0.25, 0.3) is 0 Å². The van der Waals surface area contributed by atoms with Crippen LogP contribution in [0, 0.1) is 18.8 Å². The highest BCUT2D eigenvalue weighted by molar-refractivity contribution is 5.99. The Morgan fingerprint density at radius 3 is 2.40 bits per heavy atom. The zero-order valence-electron chi connectivity index (χ0n) is 28.2. The van der Waals surface area contributed by atoms with Crippen molar-refractivity contribution < 1.29 is 24.1 Å². The standard InChI is InChI=1S/C38H41N5O5/c1-23-13-14-39-19-29(23)32-15-26-16-35(42-37(44)28-18-31(28)38(2,3)45)40-20-30(26)36(41-32)43(21-24-9-7-8-10-33(24)47-5)22-25-11-12-27(46-4)17-34(25)48-6/h7-17,19-20,28,31,45H,18,21-22H2,1-6H3,(H,40,42,44). The molecule has 3 aromatic heterocycles. The number of aliphatic hydroxyl groups is 1. The Morgan fingerprint density at radius 1 is 0.958 bits per heavy atom. The van der Waals surface area contributed by atoms with E-state index in [9.17, 15) is 9.90 Å². The third-order valence-electron chi connectivity index (χ3n) is 9.01. The zero-order valence-corrected chi connectivity index (χ0v) is 28.2. The van der Waals surface area contributed by atoms with Crippen LogP contribution in [-0.4, -0.2) is 52.9 Å². The molecule has 2 atom stereocenters. The molecular formula is C38H41N5O5. The van der Waals surface area contributed by atoms with Crippen molar-refractivity contribution in [1.82, 2.24) is 15.0 Å². The number of rotatable bonds is 12. The number of aryl methyl sites for hydroxylation is 1. The summed E-state index contributed by atoms with van der Waals surface area (Å²) >= 11 is 0. The van der Waals surface area contributed by atoms with Crippen molar-refractivity contribution >= 4 is 28.3 Å². The van der Waals surface area contributed by atoms with E-state index in [2.05, 4.69) is 20.2 Å². The molecule has 3 heterocycles. The number of ether oxygens (including phenoxy) is 3. The van der Waals surface area contributed by atoms with Gasteiger partial charge < -0.3 is 29.5 Å². The largest absolute Gasteiger partial charge is 0.497 e. The molecule has 5 aromatic rings. The summed E-state index contributed by atoms with van der Waals surface area (Å²) in [6, 6.07) is 19.6. The van der Waals surface area contributed by atoms with E-state index >= 15 is 0 Å². The fourth-order valence-corrected chi connectivity index (χ4v) is 6.23. The molecule has 0 spiro atoms. The number of hydrogen-bond acceptors (Lipinski definition) is 9. The second kappa shape index (κ2) is 13.5. The van der Waals surface area contributed by atoms with Crippen molar-refractivity contribution in [1.29, 1.82) is 0 Å². The zero-order chi connectivity index (χ0) is 34.0. The lowest BCUT2D eigenvalue weighted by Crippen LogP contribution is -2.26. The minimum atomic E-state index is -0.909. The van der Waals surface area contributed by atoms with Crippen LogP contribution in [-0.2, 0) is 17.9 Å². The van der Waals surface area contributed by atoms with Crippen LogP contribution in [0.25, 0.3) is 22.0 Å². The monoisotopic (exact) mass is 647 g/mol. The van der Waals surface area contributed by atoms with Gasteiger partial charge in [0, 0.05) is 65.7 Å². The SMILES string of the molecule is COc1ccc(CN(Cc2ccccc2OC)c2nc(-c3cnccc3C)cc3cc(NC(=O)C4CC4C(C)(C)O)ncc23)c(OC)c1. The second-order valence-electron chi connectivity index (χ2n) is 12.7. The highest BCUT2D eigenvalue weighted by atomic mass is 16.5. The summed E-state index contributed by atoms with van der Waals surface area (Å²) < 4.78 is 17.0. The van der Waals surface area contributed by atoms with E-state index in [1.54, 1.807) is 47.6 Å². The third-order valence-corrected chi connectivity index (χ3v) is 9.01. The van der Waals surface area contributed by atoms with E-state index in [1.807, 2.05) is 73.8 Å². The van der Waals surface area contributed by atoms with E-state index in [1.165, 1.54) is 0 Å². The lowest BCUT2D eigenvalue weighted by molar-refractivity contribution is -0.118. The Balaban J connectivity index is 1.48. The topological polar surface area (TPSA) is 119 Å². The molecule has 1 amide bonds. The predicted molar refractivity (Wildman–Crippen MR) is 186 cm³/mol. The number of hydrogen-bond donors (Lipinski definition) is 2. The van der Waals surface area contributed by atoms with Crippen molar-refractivity contribution in [2.45, 2.75) is 45.9 Å². The van der Waals surface area contributed by atoms with Crippen molar-refractivity contribution in [3.05, 3.63) is 95.9 Å². The molecule has 1 saturated carbocycles. The number of carbonyl (C=O) groups is 1. The lowest BCUT2D eigenvalue weighted by atomic mass is 10.0. The minimum absolute atomic E-state index is 0.0765. The van der Waals surface area contributed by atoms with Crippen LogP contribution in [0.2, 0.25) is 0 Å². The van der Waals surface area contributed by atoms with Gasteiger partial charge >= 0.3 is 0 Å². The van der Waals surface area contributed by atoms with Gasteiger partial charge in [0.15, 0.2) is 0 Å². The molecule has 48 heavy (non-hydrogen) atoms. The van der Waals surface area contributed by atoms with Gasteiger partial charge in [0.1, 0.15) is 28.9 Å². The lowest BCUT2D eigenvalue weighted by Gasteiger charge is -2.27. The summed E-state index contributed by atoms with van der Waals surface area (Å²) in [5.74, 6) is 2.82. The van der Waals surface area contributed by atoms with Gasteiger partial charge in [-0.3, -0.25) is 9.78 Å². The summed E-state index contributed by atoms with van der Waals surface area (Å²) in [6.45, 7) is 6.43. The molecular weight excluding hydrogens is 606 g/mol. The minimum Gasteiger partial charge on any atom is -0.497 e. The molecule has 1 fully saturated rings. The number of nitrogens with zero attached hydrogens (tertiary/aromatic N) is 4. The van der Waals surface area contributed by atoms with Gasteiger partial charge in [-0.2, -0.15) is 0 Å². The van der Waals surface area contributed by atoms with Crippen LogP contribution >= 0.6 is 0 Å². The van der Waals surface area contributed by atoms with Crippen LogP contribution in [0.3, 0.4) is 0 Å². The summed E-state index contributed by atoms with van der Waals surface area (Å²) in [4.78, 5) is 29.6. The van der Waals surface area contributed by atoms with Gasteiger partial charge in [-0.15, -0.1) is 0 Å². The summed E-state index contributed by atoms with van der Waals surface area (Å²) in [5.41, 5.74) is 3.68. The second-order valence-corrected chi connectivity index (χ2v) is 12.7. The third kappa shape index (κ3) is 6.89. The van der Waals surface area contributed by atoms with Gasteiger partial charge in [-0.25, -0.2) is 9.97 Å². The van der Waals surface area contributed by atoms with E-state index in [0.29, 0.717) is 42.6 Å². The molecule has 248 valence electrons. The molecule has 0 aliphatic heterocycles. The summed E-state index contributed by atoms with van der Waals surface area (Å²) in [7, 11) is 4.94. The average Bonchev–Trinajstić information content (AvgIpc) is 3.90. The average molecular weight is 648 g/mol. The fourth-order valence-electron chi connectivity index (χ4n) is 6.23. The molecule has 0 radical (unpaired) electrons. The first-order chi connectivity index (χ1) is 23.1. The van der Waals surface area contributed by atoms with E-state index in [-0.39, 0.29) is 17.7 Å². The van der Waals surface area contributed by atoms with Crippen molar-refractivity contribution in [3.8, 4) is 28.5 Å². The number of pyridine rings is 3. The van der Waals surface area contributed by atoms with Crippen molar-refractivity contribution in [2.24, 2.45) is 11.8 Å². The number of anilines is 2. The number of nitrogens with one attached hydrogen (secondary N) is 1. The highest BCUT2D eigenvalue weighted by Crippen LogP contribution is 2.47. The summed E-state index contributed by atoms with van der Waals surface area (Å²) in [6.07, 6.45) is 5.99. The molecule has 0 bridgehead atoms. The maximum Gasteiger partial charge on any atom is 0.229 e. The number of aromatic nitrogens is 3. The van der Waals surface area contributed by atoms with Crippen LogP contribution in [0.15, 0.2) is 79.3 Å². The molecule has 0 saturated heterocycles. The Kier molecular flexibility index (Phi) is 9.19. The van der Waals surface area contributed by atoms with Crippen LogP contribution in [0.5, 0.6) is 17.2 Å². The quantitative estimate of drug-likeness (QED) is 0.155. The van der Waals surface area contributed by atoms with E-state index in [4.69, 9.17) is 19.2 Å². The Bertz CT molecular complexity index is 1960. The van der Waals surface area contributed by atoms with E-state index in [0.717, 1.165) is 44.5 Å². The summed E-state index contributed by atoms with van der Waals surface area (Å²) in [5, 5.41) is 15.0. The van der Waals surface area contributed by atoms with Gasteiger partial charge in [0.05, 0.1) is 32.6 Å². The number of benzene rings is 2. The van der Waals surface area contributed by atoms with Crippen molar-refractivity contribution in [3.63, 3.8) is 0 Å². The Morgan fingerprint density at radius 2 is 1.71 bits per heavy atom. The molecule has 10 nitrogen and oxygen atoms in total. The molecule has 2 N–H and O–H groups in total. The predicted octanol–water partition coefficient (Wildman–Crippen LogP) is 6.58. The Hall–Kier alpha value is -5.22. The first-order valence-electron chi connectivity index (χ1n) is 15.9. The molecule has 2 unspecified atom stereocenters. The van der Waals surface area contributed by atoms with Crippen molar-refractivity contribution in [2.75, 3.05) is 31.5 Å². The number of amides is 1. The first kappa shape index (κ1) is 32.7. The normalized spacial score (nSPS) is 15.6. The maximum absolute atomic E-state index is 13.1. The van der Waals surface area contributed by atoms with E-state index < -0.39 is 5.60 Å². The number of carbonyl (C=O) groups excluding carboxylic acids is 1. The fraction of sp³-hybridized carbons (Fsp3) is 0.316. The molecule has 1 aliphatic rings. The number of methoxy groups -OCH3 is 3.